The zero-order valence-electron chi connectivity index (χ0n) is 4.47. The van der Waals surface area contributed by atoms with Crippen molar-refractivity contribution >= 4 is 33.3 Å². The summed E-state index contributed by atoms with van der Waals surface area (Å²) in [5, 5.41) is 0. The van der Waals surface area contributed by atoms with Crippen LogP contribution in [0, 0.1) is 0 Å². The molecule has 0 aromatic carbocycles. The van der Waals surface area contributed by atoms with Gasteiger partial charge in [0.05, 0.1) is 0 Å². The standard InChI is InChI=1S/C4H9IO2S/c5-3-1-2-4-8(6)7/h8H,1-4H2. The van der Waals surface area contributed by atoms with Gasteiger partial charge in [-0.3, -0.25) is 0 Å². The first-order valence-corrected chi connectivity index (χ1v) is 5.34. The molecule has 4 heteroatoms. The lowest BCUT2D eigenvalue weighted by Crippen LogP contribution is -1.86. The molecular weight excluding hydrogens is 239 g/mol. The summed E-state index contributed by atoms with van der Waals surface area (Å²) in [5.41, 5.74) is 0. The lowest BCUT2D eigenvalue weighted by molar-refractivity contribution is 0.611. The summed E-state index contributed by atoms with van der Waals surface area (Å²) in [6.07, 6.45) is 1.84. The topological polar surface area (TPSA) is 34.1 Å². The Morgan fingerprint density at radius 1 is 1.25 bits per heavy atom. The van der Waals surface area contributed by atoms with Gasteiger partial charge < -0.3 is 0 Å². The van der Waals surface area contributed by atoms with Crippen LogP contribution in [0.4, 0.5) is 0 Å². The molecule has 0 spiro atoms. The highest BCUT2D eigenvalue weighted by atomic mass is 127. The molecule has 0 amide bonds. The summed E-state index contributed by atoms with van der Waals surface area (Å²) in [6, 6.07) is 0. The maximum absolute atomic E-state index is 9.91. The Balaban J connectivity index is 2.94. The summed E-state index contributed by atoms with van der Waals surface area (Å²) < 4.78 is 20.9. The summed E-state index contributed by atoms with van der Waals surface area (Å²) in [4.78, 5) is 0. The minimum Gasteiger partial charge on any atom is -0.232 e. The second-order valence-electron chi connectivity index (χ2n) is 1.45. The van der Waals surface area contributed by atoms with Crippen LogP contribution in [0.25, 0.3) is 0 Å². The van der Waals surface area contributed by atoms with E-state index >= 15 is 0 Å². The van der Waals surface area contributed by atoms with Crippen LogP contribution in [0.1, 0.15) is 12.8 Å². The molecule has 0 aromatic rings. The van der Waals surface area contributed by atoms with Crippen molar-refractivity contribution < 1.29 is 8.42 Å². The zero-order valence-corrected chi connectivity index (χ0v) is 7.52. The van der Waals surface area contributed by atoms with Gasteiger partial charge in [-0.05, 0) is 17.3 Å². The van der Waals surface area contributed by atoms with E-state index in [9.17, 15) is 8.42 Å². The van der Waals surface area contributed by atoms with Crippen molar-refractivity contribution in [2.45, 2.75) is 12.8 Å². The van der Waals surface area contributed by atoms with Crippen LogP contribution in [0.15, 0.2) is 0 Å². The van der Waals surface area contributed by atoms with Crippen molar-refractivity contribution in [3.8, 4) is 0 Å². The van der Waals surface area contributed by atoms with Gasteiger partial charge >= 0.3 is 0 Å². The van der Waals surface area contributed by atoms with Crippen molar-refractivity contribution in [3.05, 3.63) is 0 Å². The van der Waals surface area contributed by atoms with Crippen molar-refractivity contribution in [1.29, 1.82) is 0 Å². The van der Waals surface area contributed by atoms with Gasteiger partial charge in [0.2, 0.25) is 0 Å². The van der Waals surface area contributed by atoms with Crippen molar-refractivity contribution in [3.63, 3.8) is 0 Å². The normalized spacial score (nSPS) is 10.2. The smallest absolute Gasteiger partial charge is 0.140 e. The van der Waals surface area contributed by atoms with E-state index in [1.807, 2.05) is 0 Å². The summed E-state index contributed by atoms with van der Waals surface area (Å²) in [7, 11) is -2.12. The fourth-order valence-electron chi connectivity index (χ4n) is 0.335. The van der Waals surface area contributed by atoms with Crippen LogP contribution in [0.2, 0.25) is 0 Å². The highest BCUT2D eigenvalue weighted by Gasteiger charge is 1.85. The van der Waals surface area contributed by atoms with Crippen molar-refractivity contribution in [2.75, 3.05) is 10.2 Å². The maximum Gasteiger partial charge on any atom is 0.140 e. The Kier molecular flexibility index (Phi) is 6.30. The third-order valence-corrected chi connectivity index (χ3v) is 2.17. The molecule has 0 heterocycles. The average molecular weight is 248 g/mol. The molecule has 0 saturated heterocycles. The monoisotopic (exact) mass is 248 g/mol. The number of halogens is 1. The summed E-state index contributed by atoms with van der Waals surface area (Å²) in [6.45, 7) is 0. The molecule has 0 aliphatic heterocycles. The Labute approximate surface area is 64.8 Å². The lowest BCUT2D eigenvalue weighted by Gasteiger charge is -1.85. The van der Waals surface area contributed by atoms with E-state index in [2.05, 4.69) is 22.6 Å². The molecule has 0 atom stereocenters. The molecule has 0 aliphatic carbocycles. The second-order valence-corrected chi connectivity index (χ2v) is 3.64. The molecule has 8 heavy (non-hydrogen) atoms. The van der Waals surface area contributed by atoms with E-state index < -0.39 is 10.7 Å². The van der Waals surface area contributed by atoms with Gasteiger partial charge in [-0.15, -0.1) is 0 Å². The number of thiol groups is 1. The van der Waals surface area contributed by atoms with Gasteiger partial charge in [0, 0.05) is 5.75 Å². The van der Waals surface area contributed by atoms with Gasteiger partial charge in [0.15, 0.2) is 0 Å². The minimum absolute atomic E-state index is 0.359. The van der Waals surface area contributed by atoms with E-state index in [0.29, 0.717) is 5.75 Å². The Hall–Kier alpha value is 0.680. The van der Waals surface area contributed by atoms with Gasteiger partial charge in [0.25, 0.3) is 0 Å². The zero-order chi connectivity index (χ0) is 6.41. The van der Waals surface area contributed by atoms with E-state index in [-0.39, 0.29) is 0 Å². The van der Waals surface area contributed by atoms with Gasteiger partial charge in [0.1, 0.15) is 10.7 Å². The minimum atomic E-state index is -2.12. The van der Waals surface area contributed by atoms with Gasteiger partial charge in [-0.25, -0.2) is 8.42 Å². The molecule has 0 aromatic heterocycles. The van der Waals surface area contributed by atoms with Crippen LogP contribution < -0.4 is 0 Å². The Morgan fingerprint density at radius 3 is 2.25 bits per heavy atom. The average Bonchev–Trinajstić information content (AvgIpc) is 1.66. The van der Waals surface area contributed by atoms with Crippen molar-refractivity contribution in [1.82, 2.24) is 0 Å². The molecule has 0 fully saturated rings. The third kappa shape index (κ3) is 6.68. The second kappa shape index (κ2) is 5.81. The number of hydrogen-bond donors (Lipinski definition) is 1. The fourth-order valence-corrected chi connectivity index (χ4v) is 1.36. The summed E-state index contributed by atoms with van der Waals surface area (Å²) in [5.74, 6) is 0.359. The van der Waals surface area contributed by atoms with Crippen LogP contribution in [-0.2, 0) is 10.7 Å². The molecule has 2 nitrogen and oxygen atoms in total. The maximum atomic E-state index is 9.91. The molecular formula is C4H9IO2S. The molecule has 0 rings (SSSR count). The van der Waals surface area contributed by atoms with E-state index in [1.54, 1.807) is 0 Å². The number of alkyl halides is 1. The molecule has 50 valence electrons. The Bertz CT molecular complexity index is 103. The van der Waals surface area contributed by atoms with Gasteiger partial charge in [-0.2, -0.15) is 0 Å². The predicted molar refractivity (Wildman–Crippen MR) is 43.3 cm³/mol. The largest absolute Gasteiger partial charge is 0.232 e. The van der Waals surface area contributed by atoms with Crippen LogP contribution >= 0.6 is 22.6 Å². The quantitative estimate of drug-likeness (QED) is 0.346. The van der Waals surface area contributed by atoms with E-state index in [1.165, 1.54) is 0 Å². The van der Waals surface area contributed by atoms with E-state index in [4.69, 9.17) is 0 Å². The highest BCUT2D eigenvalue weighted by Crippen LogP contribution is 1.93. The van der Waals surface area contributed by atoms with Crippen LogP contribution in [0.5, 0.6) is 0 Å². The highest BCUT2D eigenvalue weighted by molar-refractivity contribution is 14.1. The lowest BCUT2D eigenvalue weighted by atomic mass is 10.4. The van der Waals surface area contributed by atoms with Crippen molar-refractivity contribution in [2.24, 2.45) is 0 Å². The number of rotatable bonds is 4. The molecule has 0 N–H and O–H groups in total. The first-order chi connectivity index (χ1) is 3.77. The molecule has 0 radical (unpaired) electrons. The first kappa shape index (κ1) is 8.68. The molecule has 0 aliphatic rings. The van der Waals surface area contributed by atoms with Crippen LogP contribution in [-0.4, -0.2) is 18.6 Å². The Morgan fingerprint density at radius 2 is 1.88 bits per heavy atom. The SMILES string of the molecule is O=[SH](=O)CCCCI. The first-order valence-electron chi connectivity index (χ1n) is 2.45. The van der Waals surface area contributed by atoms with Gasteiger partial charge in [-0.1, -0.05) is 22.6 Å². The van der Waals surface area contributed by atoms with E-state index in [0.717, 1.165) is 17.3 Å². The van der Waals surface area contributed by atoms with Crippen LogP contribution in [0.3, 0.4) is 0 Å². The third-order valence-electron chi connectivity index (χ3n) is 0.724. The summed E-state index contributed by atoms with van der Waals surface area (Å²) >= 11 is 2.24. The molecule has 0 saturated carbocycles. The number of unbranched alkanes of at least 4 members (excludes halogenated alkanes) is 1. The predicted octanol–water partition coefficient (Wildman–Crippen LogP) is 0.813. The number of hydrogen-bond acceptors (Lipinski definition) is 2. The molecule has 0 bridgehead atoms. The molecule has 0 unspecified atom stereocenters. The fraction of sp³-hybridized carbons (Fsp3) is 1.00.